The van der Waals surface area contributed by atoms with Gasteiger partial charge in [0.15, 0.2) is 0 Å². The molecule has 3 heterocycles. The Morgan fingerprint density at radius 3 is 2.45 bits per heavy atom. The van der Waals surface area contributed by atoms with Crippen molar-refractivity contribution >= 4 is 46.2 Å². The van der Waals surface area contributed by atoms with Gasteiger partial charge in [-0.05, 0) is 79.4 Å². The molecule has 0 aliphatic carbocycles. The molecule has 2 aliphatic heterocycles. The molecule has 0 unspecified atom stereocenters. The number of aromatic amines is 1. The first kappa shape index (κ1) is 25.6. The highest BCUT2D eigenvalue weighted by Crippen LogP contribution is 2.35. The van der Waals surface area contributed by atoms with Crippen LogP contribution >= 0.6 is 0 Å². The fraction of sp³-hybridized carbons (Fsp3) is 0.188. The van der Waals surface area contributed by atoms with Crippen LogP contribution in [0.5, 0.6) is 0 Å². The van der Waals surface area contributed by atoms with Crippen LogP contribution in [0.1, 0.15) is 27.2 Å². The van der Waals surface area contributed by atoms with Crippen LogP contribution in [0.25, 0.3) is 11.6 Å². The maximum atomic E-state index is 13.0. The standard InChI is InChI=1S/C32H32N6O2/c1-37-14-16-38(17-15-37)21-22-7-9-23(10-8-22)31(39)35-26-5-2-4-25(18-26)34-27-11-12-30-28(20-27)29(32(40)36-30)19-24-6-3-13-33-24/h2-13,18-20,33-34H,14-17,21H2,1H3,(H,35,39)(H,36,40). The molecule has 0 spiro atoms. The fourth-order valence-corrected chi connectivity index (χ4v) is 5.07. The Bertz CT molecular complexity index is 1550. The Kier molecular flexibility index (Phi) is 7.18. The van der Waals surface area contributed by atoms with Crippen molar-refractivity contribution in [1.29, 1.82) is 0 Å². The number of anilines is 4. The Balaban J connectivity index is 1.11. The van der Waals surface area contributed by atoms with Gasteiger partial charge in [-0.25, -0.2) is 0 Å². The van der Waals surface area contributed by atoms with Gasteiger partial charge in [-0.2, -0.15) is 0 Å². The third-order valence-electron chi connectivity index (χ3n) is 7.35. The van der Waals surface area contributed by atoms with Crippen LogP contribution in [-0.2, 0) is 11.3 Å². The third-order valence-corrected chi connectivity index (χ3v) is 7.35. The van der Waals surface area contributed by atoms with E-state index in [2.05, 4.69) is 37.8 Å². The van der Waals surface area contributed by atoms with Gasteiger partial charge in [-0.1, -0.05) is 18.2 Å². The van der Waals surface area contributed by atoms with Crippen LogP contribution in [0.4, 0.5) is 22.7 Å². The van der Waals surface area contributed by atoms with Crippen molar-refractivity contribution in [2.45, 2.75) is 6.54 Å². The maximum Gasteiger partial charge on any atom is 0.256 e. The predicted molar refractivity (Wildman–Crippen MR) is 161 cm³/mol. The van der Waals surface area contributed by atoms with Gasteiger partial charge >= 0.3 is 0 Å². The highest BCUT2D eigenvalue weighted by atomic mass is 16.2. The lowest BCUT2D eigenvalue weighted by atomic mass is 10.0. The maximum absolute atomic E-state index is 13.0. The summed E-state index contributed by atoms with van der Waals surface area (Å²) >= 11 is 0. The molecule has 202 valence electrons. The number of nitrogens with one attached hydrogen (secondary N) is 4. The Morgan fingerprint density at radius 1 is 0.900 bits per heavy atom. The minimum absolute atomic E-state index is 0.126. The van der Waals surface area contributed by atoms with E-state index in [0.29, 0.717) is 16.8 Å². The Hall–Kier alpha value is -4.66. The van der Waals surface area contributed by atoms with Crippen LogP contribution in [0.3, 0.4) is 0 Å². The predicted octanol–water partition coefficient (Wildman–Crippen LogP) is 5.25. The molecule has 8 nitrogen and oxygen atoms in total. The number of carbonyl (C=O) groups excluding carboxylic acids is 2. The zero-order valence-corrected chi connectivity index (χ0v) is 22.4. The van der Waals surface area contributed by atoms with Gasteiger partial charge in [0.1, 0.15) is 0 Å². The first-order valence-corrected chi connectivity index (χ1v) is 13.5. The number of rotatable bonds is 7. The monoisotopic (exact) mass is 532 g/mol. The van der Waals surface area contributed by atoms with Gasteiger partial charge in [-0.15, -0.1) is 0 Å². The molecule has 0 saturated carbocycles. The second kappa shape index (κ2) is 11.2. The van der Waals surface area contributed by atoms with Crippen molar-refractivity contribution in [2.24, 2.45) is 0 Å². The minimum atomic E-state index is -0.149. The lowest BCUT2D eigenvalue weighted by Gasteiger charge is -2.32. The van der Waals surface area contributed by atoms with Crippen molar-refractivity contribution in [3.05, 3.63) is 107 Å². The summed E-state index contributed by atoms with van der Waals surface area (Å²) in [5, 5.41) is 9.33. The number of fused-ring (bicyclic) bond motifs is 1. The van der Waals surface area contributed by atoms with E-state index < -0.39 is 0 Å². The van der Waals surface area contributed by atoms with Crippen molar-refractivity contribution in [1.82, 2.24) is 14.8 Å². The van der Waals surface area contributed by atoms with E-state index in [1.165, 1.54) is 5.56 Å². The first-order valence-electron chi connectivity index (χ1n) is 13.5. The third kappa shape index (κ3) is 5.83. The summed E-state index contributed by atoms with van der Waals surface area (Å²) in [5.41, 5.74) is 7.29. The van der Waals surface area contributed by atoms with Gasteiger partial charge in [0.2, 0.25) is 0 Å². The van der Waals surface area contributed by atoms with Gasteiger partial charge in [-0.3, -0.25) is 14.5 Å². The minimum Gasteiger partial charge on any atom is -0.362 e. The molecule has 6 rings (SSSR count). The molecular weight excluding hydrogens is 500 g/mol. The smallest absolute Gasteiger partial charge is 0.256 e. The normalized spacial score (nSPS) is 16.5. The molecule has 0 bridgehead atoms. The molecule has 1 saturated heterocycles. The molecule has 2 aliphatic rings. The number of likely N-dealkylation sites (N-methyl/N-ethyl adjacent to an activating group) is 1. The van der Waals surface area contributed by atoms with Gasteiger partial charge in [0.05, 0.1) is 5.57 Å². The summed E-state index contributed by atoms with van der Waals surface area (Å²) in [6.07, 6.45) is 3.68. The number of H-pyrrole nitrogens is 1. The van der Waals surface area contributed by atoms with Gasteiger partial charge < -0.3 is 25.8 Å². The number of piperazine rings is 1. The zero-order chi connectivity index (χ0) is 27.5. The van der Waals surface area contributed by atoms with E-state index in [0.717, 1.165) is 61.0 Å². The summed E-state index contributed by atoms with van der Waals surface area (Å²) in [5.74, 6) is -0.275. The lowest BCUT2D eigenvalue weighted by molar-refractivity contribution is -0.110. The summed E-state index contributed by atoms with van der Waals surface area (Å²) in [7, 11) is 2.16. The van der Waals surface area contributed by atoms with Crippen LogP contribution in [0.15, 0.2) is 85.1 Å². The van der Waals surface area contributed by atoms with Gasteiger partial charge in [0.25, 0.3) is 11.8 Å². The molecule has 4 aromatic rings. The second-order valence-corrected chi connectivity index (χ2v) is 10.3. The average molecular weight is 533 g/mol. The fourth-order valence-electron chi connectivity index (χ4n) is 5.07. The molecule has 0 radical (unpaired) electrons. The summed E-state index contributed by atoms with van der Waals surface area (Å²) < 4.78 is 0. The quantitative estimate of drug-likeness (QED) is 0.244. The number of hydrogen-bond donors (Lipinski definition) is 4. The van der Waals surface area contributed by atoms with Crippen LogP contribution < -0.4 is 16.0 Å². The molecule has 3 aromatic carbocycles. The highest BCUT2D eigenvalue weighted by Gasteiger charge is 2.24. The van der Waals surface area contributed by atoms with E-state index in [9.17, 15) is 9.59 Å². The molecular formula is C32H32N6O2. The Morgan fingerprint density at radius 2 is 1.68 bits per heavy atom. The summed E-state index contributed by atoms with van der Waals surface area (Å²) in [4.78, 5) is 33.4. The topological polar surface area (TPSA) is 92.5 Å². The van der Waals surface area contributed by atoms with E-state index in [1.54, 1.807) is 0 Å². The van der Waals surface area contributed by atoms with Crippen LogP contribution in [0.2, 0.25) is 0 Å². The highest BCUT2D eigenvalue weighted by molar-refractivity contribution is 6.35. The summed E-state index contributed by atoms with van der Waals surface area (Å²) in [6.45, 7) is 5.21. The number of nitrogens with zero attached hydrogens (tertiary/aromatic N) is 2. The summed E-state index contributed by atoms with van der Waals surface area (Å²) in [6, 6.07) is 25.0. The number of aromatic nitrogens is 1. The van der Waals surface area contributed by atoms with E-state index >= 15 is 0 Å². The van der Waals surface area contributed by atoms with E-state index in [1.807, 2.05) is 91.1 Å². The van der Waals surface area contributed by atoms with Crippen molar-refractivity contribution in [3.8, 4) is 0 Å². The SMILES string of the molecule is CN1CCN(Cc2ccc(C(=O)Nc3cccc(Nc4ccc5c(c4)C(=Cc4ccc[nH]4)C(=O)N5)c3)cc2)CC1. The first-order chi connectivity index (χ1) is 19.5. The molecule has 8 heteroatoms. The zero-order valence-electron chi connectivity index (χ0n) is 22.4. The largest absolute Gasteiger partial charge is 0.362 e. The molecule has 40 heavy (non-hydrogen) atoms. The van der Waals surface area contributed by atoms with Crippen molar-refractivity contribution in [2.75, 3.05) is 49.2 Å². The molecule has 1 aromatic heterocycles. The number of benzene rings is 3. The molecule has 4 N–H and O–H groups in total. The molecule has 2 amide bonds. The second-order valence-electron chi connectivity index (χ2n) is 10.3. The number of carbonyl (C=O) groups is 2. The number of amides is 2. The van der Waals surface area contributed by atoms with E-state index in [4.69, 9.17) is 0 Å². The van der Waals surface area contributed by atoms with Crippen molar-refractivity contribution in [3.63, 3.8) is 0 Å². The van der Waals surface area contributed by atoms with E-state index in [-0.39, 0.29) is 11.8 Å². The molecule has 1 fully saturated rings. The molecule has 0 atom stereocenters. The number of hydrogen-bond acceptors (Lipinski definition) is 5. The van der Waals surface area contributed by atoms with Crippen LogP contribution in [0, 0.1) is 0 Å². The van der Waals surface area contributed by atoms with Gasteiger partial charge in [0, 0.05) is 78.5 Å². The van der Waals surface area contributed by atoms with Crippen LogP contribution in [-0.4, -0.2) is 59.8 Å². The average Bonchev–Trinajstić information content (AvgIpc) is 3.58. The van der Waals surface area contributed by atoms with Crippen molar-refractivity contribution < 1.29 is 9.59 Å². The Labute approximate surface area is 233 Å². The lowest BCUT2D eigenvalue weighted by Crippen LogP contribution is -2.43.